The van der Waals surface area contributed by atoms with Crippen LogP contribution < -0.4 is 5.73 Å². The summed E-state index contributed by atoms with van der Waals surface area (Å²) in [5.41, 5.74) is 6.71. The van der Waals surface area contributed by atoms with Crippen LogP contribution in [0.15, 0.2) is 12.4 Å². The van der Waals surface area contributed by atoms with Gasteiger partial charge in [0.25, 0.3) is 0 Å². The molecule has 0 fully saturated rings. The fraction of sp³-hybridized carbons (Fsp3) is 0.667. The summed E-state index contributed by atoms with van der Waals surface area (Å²) in [7, 11) is 0. The highest BCUT2D eigenvalue weighted by Crippen LogP contribution is 2.03. The van der Waals surface area contributed by atoms with E-state index in [1.807, 2.05) is 6.20 Å². The van der Waals surface area contributed by atoms with Gasteiger partial charge in [-0.2, -0.15) is 0 Å². The molecule has 0 unspecified atom stereocenters. The molecule has 1 heterocycles. The molecule has 1 N–H and O–H groups in total. The Morgan fingerprint density at radius 3 is 2.71 bits per heavy atom. The molecule has 0 aliphatic carbocycles. The van der Waals surface area contributed by atoms with Crippen molar-refractivity contribution in [3.05, 3.63) is 12.4 Å². The van der Waals surface area contributed by atoms with Crippen molar-refractivity contribution in [1.82, 2.24) is 20.7 Å². The van der Waals surface area contributed by atoms with Gasteiger partial charge in [-0.1, -0.05) is 18.1 Å². The average Bonchev–Trinajstić information content (AvgIpc) is 2.63. The largest absolute Gasteiger partial charge is 0.273 e. The highest BCUT2D eigenvalue weighted by atomic mass is 16.1. The van der Waals surface area contributed by atoms with Gasteiger partial charge in [-0.25, -0.2) is 0 Å². The normalized spacial score (nSPS) is 10.3. The highest BCUT2D eigenvalue weighted by Gasteiger charge is 1.96. The summed E-state index contributed by atoms with van der Waals surface area (Å²) in [6.07, 6.45) is 7.87. The van der Waals surface area contributed by atoms with Gasteiger partial charge in [-0.3, -0.25) is 15.2 Å². The summed E-state index contributed by atoms with van der Waals surface area (Å²) in [5.74, 6) is -0.457. The molecule has 0 saturated carbocycles. The smallest absolute Gasteiger partial charge is 0.238 e. The third kappa shape index (κ3) is 4.59. The van der Waals surface area contributed by atoms with E-state index in [4.69, 9.17) is 5.73 Å². The predicted molar refractivity (Wildman–Crippen MR) is 51.2 cm³/mol. The summed E-state index contributed by atoms with van der Waals surface area (Å²) in [4.78, 5) is 10.3. The van der Waals surface area contributed by atoms with E-state index < -0.39 is 5.91 Å². The van der Waals surface area contributed by atoms with Crippen LogP contribution in [0.3, 0.4) is 0 Å². The maximum Gasteiger partial charge on any atom is 0.238 e. The first-order chi connectivity index (χ1) is 6.79. The molecule has 0 atom stereocenters. The van der Waals surface area contributed by atoms with Gasteiger partial charge in [-0.05, 0) is 12.8 Å². The van der Waals surface area contributed by atoms with E-state index >= 15 is 0 Å². The molecule has 0 aliphatic rings. The Hall–Kier alpha value is -1.39. The van der Waals surface area contributed by atoms with Crippen molar-refractivity contribution in [2.45, 2.75) is 38.6 Å². The molecule has 0 bridgehead atoms. The predicted octanol–water partition coefficient (Wildman–Crippen LogP) is 1.04. The third-order valence-corrected chi connectivity index (χ3v) is 2.01. The average molecular weight is 195 g/mol. The lowest BCUT2D eigenvalue weighted by atomic mass is 10.1. The van der Waals surface area contributed by atoms with Crippen molar-refractivity contribution in [3.8, 4) is 0 Å². The van der Waals surface area contributed by atoms with Crippen molar-refractivity contribution in [1.29, 1.82) is 0 Å². The number of nitrogens with one attached hydrogen (secondary N) is 1. The molecule has 0 saturated heterocycles. The molecule has 0 aromatic carbocycles. The van der Waals surface area contributed by atoms with Crippen LogP contribution in [-0.2, 0) is 11.3 Å². The monoisotopic (exact) mass is 195 g/mol. The summed E-state index contributed by atoms with van der Waals surface area (Å²) in [6.45, 7) is 0.884. The zero-order valence-corrected chi connectivity index (χ0v) is 8.15. The number of aromatic nitrogens is 3. The van der Waals surface area contributed by atoms with E-state index in [0.717, 1.165) is 32.2 Å². The first kappa shape index (κ1) is 10.7. The highest BCUT2D eigenvalue weighted by molar-refractivity contribution is 5.72. The van der Waals surface area contributed by atoms with Gasteiger partial charge in [0, 0.05) is 19.2 Å². The first-order valence-corrected chi connectivity index (χ1v) is 4.87. The molecule has 1 amide bonds. The van der Waals surface area contributed by atoms with Crippen LogP contribution in [0.5, 0.6) is 0 Å². The minimum Gasteiger partial charge on any atom is -0.273 e. The number of unbranched alkanes of at least 4 members (excludes halogenated alkanes) is 3. The molecule has 1 radical (unpaired) electrons. The molecule has 5 nitrogen and oxygen atoms in total. The van der Waals surface area contributed by atoms with Crippen LogP contribution in [0.2, 0.25) is 0 Å². The molecule has 1 rings (SSSR count). The lowest BCUT2D eigenvalue weighted by Gasteiger charge is -1.99. The Bertz CT molecular complexity index is 258. The molecule has 14 heavy (non-hydrogen) atoms. The van der Waals surface area contributed by atoms with Gasteiger partial charge in [0.2, 0.25) is 5.91 Å². The van der Waals surface area contributed by atoms with Crippen LogP contribution in [0.1, 0.15) is 32.1 Å². The molecular formula is C9H15N4O. The second kappa shape index (κ2) is 6.12. The molecule has 77 valence electrons. The lowest BCUT2D eigenvalue weighted by molar-refractivity contribution is -0.118. The van der Waals surface area contributed by atoms with E-state index in [0.29, 0.717) is 6.42 Å². The van der Waals surface area contributed by atoms with E-state index in [9.17, 15) is 4.79 Å². The van der Waals surface area contributed by atoms with Crippen LogP contribution >= 0.6 is 0 Å². The fourth-order valence-electron chi connectivity index (χ4n) is 1.26. The fourth-order valence-corrected chi connectivity index (χ4v) is 1.26. The number of hydrogen-bond donors (Lipinski definition) is 0. The van der Waals surface area contributed by atoms with Crippen LogP contribution in [0, 0.1) is 0 Å². The molecule has 1 aromatic heterocycles. The number of amides is 1. The van der Waals surface area contributed by atoms with Gasteiger partial charge >= 0.3 is 0 Å². The summed E-state index contributed by atoms with van der Waals surface area (Å²) >= 11 is 0. The van der Waals surface area contributed by atoms with Crippen molar-refractivity contribution in [3.63, 3.8) is 0 Å². The van der Waals surface area contributed by atoms with E-state index in [-0.39, 0.29) is 0 Å². The number of hydrogen-bond acceptors (Lipinski definition) is 3. The van der Waals surface area contributed by atoms with Crippen LogP contribution in [-0.4, -0.2) is 20.9 Å². The molecular weight excluding hydrogens is 180 g/mol. The second-order valence-electron chi connectivity index (χ2n) is 3.25. The van der Waals surface area contributed by atoms with Crippen LogP contribution in [0.25, 0.3) is 0 Å². The van der Waals surface area contributed by atoms with Gasteiger partial charge in [0.1, 0.15) is 0 Å². The molecule has 0 spiro atoms. The van der Waals surface area contributed by atoms with E-state index in [1.54, 1.807) is 10.9 Å². The Balaban J connectivity index is 1.92. The Kier molecular flexibility index (Phi) is 4.68. The lowest BCUT2D eigenvalue weighted by Crippen LogP contribution is -1.99. The number of aryl methyl sites for hydroxylation is 1. The Morgan fingerprint density at radius 1 is 1.29 bits per heavy atom. The van der Waals surface area contributed by atoms with Crippen molar-refractivity contribution in [2.24, 2.45) is 0 Å². The third-order valence-electron chi connectivity index (χ3n) is 2.01. The molecule has 1 aromatic rings. The maximum atomic E-state index is 10.3. The minimum absolute atomic E-state index is 0.392. The topological polar surface area (TPSA) is 71.6 Å². The van der Waals surface area contributed by atoms with Crippen molar-refractivity contribution in [2.75, 3.05) is 0 Å². The summed E-state index contributed by atoms with van der Waals surface area (Å²) in [5, 5.41) is 7.55. The molecule has 5 heteroatoms. The summed E-state index contributed by atoms with van der Waals surface area (Å²) in [6, 6.07) is 0. The zero-order chi connectivity index (χ0) is 10.2. The quantitative estimate of drug-likeness (QED) is 0.610. The maximum absolute atomic E-state index is 10.3. The van der Waals surface area contributed by atoms with Gasteiger partial charge in [-0.15, -0.1) is 5.10 Å². The van der Waals surface area contributed by atoms with Gasteiger partial charge < -0.3 is 0 Å². The second-order valence-corrected chi connectivity index (χ2v) is 3.25. The number of nitrogens with zero attached hydrogens (tertiary/aromatic N) is 3. The Morgan fingerprint density at radius 2 is 2.07 bits per heavy atom. The van der Waals surface area contributed by atoms with E-state index in [1.165, 1.54) is 0 Å². The molecule has 0 aliphatic heterocycles. The standard InChI is InChI=1S/C9H15N4O/c10-9(14)5-3-1-2-4-7-13-8-6-11-12-13/h6,8,10H,1-5,7H2. The number of carbonyl (C=O) groups excluding carboxylic acids is 1. The zero-order valence-electron chi connectivity index (χ0n) is 8.15. The van der Waals surface area contributed by atoms with Gasteiger partial charge in [0.15, 0.2) is 0 Å². The van der Waals surface area contributed by atoms with Gasteiger partial charge in [0.05, 0.1) is 6.20 Å². The van der Waals surface area contributed by atoms with Crippen molar-refractivity contribution < 1.29 is 4.79 Å². The number of carbonyl (C=O) groups is 1. The number of rotatable bonds is 7. The Labute approximate surface area is 83.3 Å². The van der Waals surface area contributed by atoms with Crippen molar-refractivity contribution >= 4 is 5.91 Å². The SMILES string of the molecule is [NH]C(=O)CCCCCCn1ccnn1. The van der Waals surface area contributed by atoms with E-state index in [2.05, 4.69) is 10.3 Å². The van der Waals surface area contributed by atoms with Crippen LogP contribution in [0.4, 0.5) is 0 Å². The minimum atomic E-state index is -0.457. The first-order valence-electron chi connectivity index (χ1n) is 4.87. The summed E-state index contributed by atoms with van der Waals surface area (Å²) < 4.78 is 1.80.